The average molecular weight is 845 g/mol. The van der Waals surface area contributed by atoms with Crippen LogP contribution in [0.3, 0.4) is 0 Å². The number of sulfonamides is 1. The van der Waals surface area contributed by atoms with Crippen LogP contribution in [0.2, 0.25) is 0 Å². The van der Waals surface area contributed by atoms with Crippen LogP contribution in [0.15, 0.2) is 12.1 Å². The van der Waals surface area contributed by atoms with Crippen LogP contribution in [0, 0.1) is 17.3 Å². The molecule has 18 nitrogen and oxygen atoms in total. The first-order valence-electron chi connectivity index (χ1n) is 20.6. The zero-order chi connectivity index (χ0) is 42.4. The predicted octanol–water partition coefficient (Wildman–Crippen LogP) is 2.57. The van der Waals surface area contributed by atoms with E-state index in [-0.39, 0.29) is 51.1 Å². The fourth-order valence-electron chi connectivity index (χ4n) is 8.90. The zero-order valence-corrected chi connectivity index (χ0v) is 35.1. The molecule has 0 radical (unpaired) electrons. The lowest BCUT2D eigenvalue weighted by Gasteiger charge is -2.37. The largest absolute Gasteiger partial charge is 0.454 e. The zero-order valence-electron chi connectivity index (χ0n) is 34.3. The van der Waals surface area contributed by atoms with Gasteiger partial charge in [-0.1, -0.05) is 53.4 Å². The first-order valence-corrected chi connectivity index (χ1v) is 22.2. The molecule has 1 aromatic carbocycles. The summed E-state index contributed by atoms with van der Waals surface area (Å²) in [6, 6.07) is 0.188. The van der Waals surface area contributed by atoms with Gasteiger partial charge in [0.25, 0.3) is 5.91 Å². The number of amides is 6. The van der Waals surface area contributed by atoms with Crippen molar-refractivity contribution in [1.29, 1.82) is 0 Å². The summed E-state index contributed by atoms with van der Waals surface area (Å²) >= 11 is 0. The van der Waals surface area contributed by atoms with Crippen molar-refractivity contribution in [2.24, 2.45) is 17.3 Å². The van der Waals surface area contributed by atoms with Crippen molar-refractivity contribution < 1.29 is 56.1 Å². The van der Waals surface area contributed by atoms with Gasteiger partial charge in [-0.05, 0) is 72.6 Å². The maximum atomic E-state index is 14.8. The van der Waals surface area contributed by atoms with Crippen LogP contribution < -0.4 is 30.1 Å². The Morgan fingerprint density at radius 1 is 0.949 bits per heavy atom. The summed E-state index contributed by atoms with van der Waals surface area (Å²) in [6.45, 7) is 7.50. The molecule has 19 heteroatoms. The Balaban J connectivity index is 1.12. The highest BCUT2D eigenvalue weighted by Gasteiger charge is 2.62. The molecular weight excluding hydrogens is 789 g/mol. The van der Waals surface area contributed by atoms with E-state index < -0.39 is 86.3 Å². The van der Waals surface area contributed by atoms with E-state index >= 15 is 0 Å². The Bertz CT molecular complexity index is 1950. The summed E-state index contributed by atoms with van der Waals surface area (Å²) in [4.78, 5) is 85.8. The number of likely N-dealkylation sites (tertiary alicyclic amines) is 1. The van der Waals surface area contributed by atoms with Gasteiger partial charge in [0.15, 0.2) is 11.5 Å². The maximum absolute atomic E-state index is 14.8. The Morgan fingerprint density at radius 2 is 1.59 bits per heavy atom. The number of hydrogen-bond donors (Lipinski definition) is 4. The van der Waals surface area contributed by atoms with E-state index in [1.165, 1.54) is 16.9 Å². The molecule has 0 spiro atoms. The Morgan fingerprint density at radius 3 is 2.15 bits per heavy atom. The number of nitrogens with one attached hydrogen (secondary N) is 4. The van der Waals surface area contributed by atoms with Gasteiger partial charge in [0.1, 0.15) is 29.8 Å². The number of fused-ring (bicyclic) bond motifs is 2. The fourth-order valence-corrected chi connectivity index (χ4v) is 10.3. The molecule has 0 aromatic heterocycles. The molecule has 7 rings (SSSR count). The molecule has 4 fully saturated rings. The third kappa shape index (κ3) is 8.89. The Kier molecular flexibility index (Phi) is 11.7. The van der Waals surface area contributed by atoms with E-state index in [0.717, 1.165) is 30.4 Å². The summed E-state index contributed by atoms with van der Waals surface area (Å²) in [5.74, 6) is -2.14. The van der Waals surface area contributed by atoms with E-state index in [1.807, 2.05) is 19.1 Å². The van der Waals surface area contributed by atoms with E-state index in [1.54, 1.807) is 20.8 Å². The molecule has 6 aliphatic rings. The van der Waals surface area contributed by atoms with Gasteiger partial charge in [0, 0.05) is 19.5 Å². The van der Waals surface area contributed by atoms with Crippen molar-refractivity contribution >= 4 is 45.8 Å². The van der Waals surface area contributed by atoms with Gasteiger partial charge in [-0.15, -0.1) is 0 Å². The van der Waals surface area contributed by atoms with Crippen LogP contribution in [0.25, 0.3) is 0 Å². The summed E-state index contributed by atoms with van der Waals surface area (Å²) in [5, 5.41) is 7.71. The topological polar surface area (TPSA) is 228 Å². The van der Waals surface area contributed by atoms with Crippen molar-refractivity contribution in [2.45, 2.75) is 140 Å². The molecule has 0 bridgehead atoms. The summed E-state index contributed by atoms with van der Waals surface area (Å²) < 4.78 is 49.6. The summed E-state index contributed by atoms with van der Waals surface area (Å²) in [5.41, 5.74) is -0.699. The predicted molar refractivity (Wildman–Crippen MR) is 209 cm³/mol. The highest BCUT2D eigenvalue weighted by Crippen LogP contribution is 2.47. The molecular formula is C40H56N6O12S. The van der Waals surface area contributed by atoms with Crippen LogP contribution >= 0.6 is 0 Å². The number of methoxy groups -OCH3 is 1. The van der Waals surface area contributed by atoms with E-state index in [2.05, 4.69) is 20.7 Å². The summed E-state index contributed by atoms with van der Waals surface area (Å²) in [7, 11) is -2.72. The minimum atomic E-state index is -3.92. The normalized spacial score (nSPS) is 25.9. The first kappa shape index (κ1) is 42.3. The minimum Gasteiger partial charge on any atom is -0.454 e. The molecule has 3 aliphatic carbocycles. The molecule has 4 N–H and O–H groups in total. The number of carbonyl (C=O) groups is 6. The molecule has 3 heterocycles. The number of hydrogen-bond acceptors (Lipinski definition) is 12. The fraction of sp³-hybridized carbons (Fsp3) is 0.700. The molecule has 1 unspecified atom stereocenters. The molecule has 59 heavy (non-hydrogen) atoms. The van der Waals surface area contributed by atoms with Crippen LogP contribution in [-0.2, 0) is 51.8 Å². The standard InChI is InChI=1S/C40H56N6O12S/c1-6-25-17-40(25,36(50)44-59(53,54)27-12-13-27)43-33(47)28-16-26(58-38(52)45-18-23-14-29-30(57-21-56-29)15-24(23)19-45)20-46(28)35(49)32(39(2,3)4)42-34(48)31(41-37(51)55-5)22-10-8-7-9-11-22/h14-15,22,25-28,31-32H,6-13,16-21H2,1-5H3,(H,41,51)(H,42,48)(H,43,47)(H,44,50)/t25-,26+,28?,31-,32+,40-/m0/s1. The lowest BCUT2D eigenvalue weighted by atomic mass is 9.82. The molecule has 1 saturated heterocycles. The van der Waals surface area contributed by atoms with Crippen molar-refractivity contribution in [3.8, 4) is 11.5 Å². The molecule has 3 aliphatic heterocycles. The van der Waals surface area contributed by atoms with Gasteiger partial charge in [-0.3, -0.25) is 28.8 Å². The number of benzene rings is 1. The summed E-state index contributed by atoms with van der Waals surface area (Å²) in [6.07, 6.45) is 3.17. The van der Waals surface area contributed by atoms with Crippen molar-refractivity contribution in [3.63, 3.8) is 0 Å². The van der Waals surface area contributed by atoms with Crippen molar-refractivity contribution in [2.75, 3.05) is 20.4 Å². The van der Waals surface area contributed by atoms with Crippen molar-refractivity contribution in [3.05, 3.63) is 23.3 Å². The second-order valence-corrected chi connectivity index (χ2v) is 19.8. The van der Waals surface area contributed by atoms with Crippen LogP contribution in [0.1, 0.15) is 103 Å². The highest BCUT2D eigenvalue weighted by atomic mass is 32.2. The lowest BCUT2D eigenvalue weighted by Crippen LogP contribution is -2.62. The second kappa shape index (κ2) is 16.3. The van der Waals surface area contributed by atoms with Crippen LogP contribution in [-0.4, -0.2) is 109 Å². The average Bonchev–Trinajstić information content (AvgIpc) is 4.02. The van der Waals surface area contributed by atoms with Gasteiger partial charge < -0.3 is 39.8 Å². The molecule has 1 aromatic rings. The molecule has 3 saturated carbocycles. The third-order valence-electron chi connectivity index (χ3n) is 12.6. The van der Waals surface area contributed by atoms with Gasteiger partial charge in [0.05, 0.1) is 18.9 Å². The number of nitrogens with zero attached hydrogens (tertiary/aromatic N) is 2. The number of carbonyl (C=O) groups excluding carboxylic acids is 6. The molecule has 324 valence electrons. The first-order chi connectivity index (χ1) is 27.9. The lowest BCUT2D eigenvalue weighted by molar-refractivity contribution is -0.145. The number of alkyl carbamates (subject to hydrolysis) is 1. The van der Waals surface area contributed by atoms with Crippen LogP contribution in [0.4, 0.5) is 9.59 Å². The second-order valence-electron chi connectivity index (χ2n) is 17.8. The third-order valence-corrected chi connectivity index (χ3v) is 14.4. The molecule has 6 atom stereocenters. The smallest absolute Gasteiger partial charge is 0.410 e. The number of ether oxygens (including phenoxy) is 4. The van der Waals surface area contributed by atoms with Gasteiger partial charge >= 0.3 is 12.2 Å². The van der Waals surface area contributed by atoms with Gasteiger partial charge in [0.2, 0.25) is 34.5 Å². The SMILES string of the molecule is CC[C@H]1C[C@@]1(NC(=O)C1C[C@@H](OC(=O)N2Cc3cc4c(cc3C2)OCO4)CN1C(=O)[C@@H](NC(=O)[C@@H](NC(=O)OC)C1CCCCC1)C(C)(C)C)C(=O)NS(=O)(=O)C1CC1. The van der Waals surface area contributed by atoms with Crippen LogP contribution in [0.5, 0.6) is 11.5 Å². The highest BCUT2D eigenvalue weighted by molar-refractivity contribution is 7.91. The minimum absolute atomic E-state index is 0.116. The quantitative estimate of drug-likeness (QED) is 0.238. The van der Waals surface area contributed by atoms with E-state index in [0.29, 0.717) is 43.6 Å². The Hall–Kier alpha value is -4.81. The Labute approximate surface area is 344 Å². The van der Waals surface area contributed by atoms with E-state index in [4.69, 9.17) is 18.9 Å². The maximum Gasteiger partial charge on any atom is 0.410 e. The van der Waals surface area contributed by atoms with E-state index in [9.17, 15) is 37.2 Å². The monoisotopic (exact) mass is 844 g/mol. The van der Waals surface area contributed by atoms with Crippen molar-refractivity contribution in [1.82, 2.24) is 30.5 Å². The number of rotatable bonds is 12. The van der Waals surface area contributed by atoms with Gasteiger partial charge in [-0.2, -0.15) is 0 Å². The molecule has 6 amide bonds. The van der Waals surface area contributed by atoms with Gasteiger partial charge in [-0.25, -0.2) is 18.0 Å².